The van der Waals surface area contributed by atoms with Gasteiger partial charge in [0.05, 0.1) is 0 Å². The smallest absolute Gasteiger partial charge is 0.258 e. The molecule has 0 saturated heterocycles. The van der Waals surface area contributed by atoms with E-state index in [9.17, 15) is 4.79 Å². The van der Waals surface area contributed by atoms with Gasteiger partial charge in [-0.05, 0) is 44.5 Å². The van der Waals surface area contributed by atoms with Crippen molar-refractivity contribution in [3.63, 3.8) is 0 Å². The van der Waals surface area contributed by atoms with Gasteiger partial charge in [0.25, 0.3) is 5.91 Å². The number of nitrogens with two attached hydrogens (primary N) is 1. The van der Waals surface area contributed by atoms with Crippen LogP contribution in [0.4, 0.5) is 5.69 Å². The van der Waals surface area contributed by atoms with Crippen LogP contribution in [0.5, 0.6) is 5.75 Å². The molecule has 1 amide bonds. The average Bonchev–Trinajstić information content (AvgIpc) is 2.19. The summed E-state index contributed by atoms with van der Waals surface area (Å²) in [6, 6.07) is 5.47. The second kappa shape index (κ2) is 5.39. The molecule has 0 fully saturated rings. The lowest BCUT2D eigenvalue weighted by Gasteiger charge is -2.10. The van der Waals surface area contributed by atoms with Crippen LogP contribution in [0.15, 0.2) is 18.2 Å². The standard InChI is InChI=1S/C12H18N2O2/c1-8(2)14-12(15)7-16-10-4-5-11(13)9(3)6-10/h4-6,8H,7,13H2,1-3H3,(H,14,15). The molecule has 0 unspecified atom stereocenters. The zero-order chi connectivity index (χ0) is 12.1. The Morgan fingerprint density at radius 3 is 2.75 bits per heavy atom. The summed E-state index contributed by atoms with van der Waals surface area (Å²) in [5.74, 6) is 0.537. The van der Waals surface area contributed by atoms with Crippen LogP contribution in [-0.4, -0.2) is 18.6 Å². The largest absolute Gasteiger partial charge is 0.484 e. The lowest BCUT2D eigenvalue weighted by molar-refractivity contribution is -0.123. The molecule has 0 aliphatic rings. The number of carbonyl (C=O) groups excluding carboxylic acids is 1. The van der Waals surface area contributed by atoms with Crippen LogP contribution >= 0.6 is 0 Å². The van der Waals surface area contributed by atoms with Crippen LogP contribution in [0.25, 0.3) is 0 Å². The van der Waals surface area contributed by atoms with Crippen molar-refractivity contribution >= 4 is 11.6 Å². The summed E-state index contributed by atoms with van der Waals surface area (Å²) in [5.41, 5.74) is 7.34. The quantitative estimate of drug-likeness (QED) is 0.758. The average molecular weight is 222 g/mol. The Hall–Kier alpha value is -1.71. The number of aryl methyl sites for hydroxylation is 1. The summed E-state index contributed by atoms with van der Waals surface area (Å²) < 4.78 is 5.34. The van der Waals surface area contributed by atoms with E-state index >= 15 is 0 Å². The molecule has 0 aliphatic heterocycles. The Kier molecular flexibility index (Phi) is 4.17. The first-order valence-electron chi connectivity index (χ1n) is 5.27. The maximum Gasteiger partial charge on any atom is 0.258 e. The zero-order valence-corrected chi connectivity index (χ0v) is 9.91. The first-order chi connectivity index (χ1) is 7.49. The molecule has 0 saturated carbocycles. The van der Waals surface area contributed by atoms with E-state index in [0.29, 0.717) is 5.75 Å². The van der Waals surface area contributed by atoms with Crippen molar-refractivity contribution in [2.75, 3.05) is 12.3 Å². The normalized spacial score (nSPS) is 10.2. The molecule has 0 aromatic heterocycles. The molecule has 0 aliphatic carbocycles. The number of hydrogen-bond donors (Lipinski definition) is 2. The molecule has 0 atom stereocenters. The third-order valence-electron chi connectivity index (χ3n) is 2.06. The fraction of sp³-hybridized carbons (Fsp3) is 0.417. The Labute approximate surface area is 95.8 Å². The lowest BCUT2D eigenvalue weighted by atomic mass is 10.2. The van der Waals surface area contributed by atoms with Gasteiger partial charge in [-0.1, -0.05) is 0 Å². The number of nitrogens with one attached hydrogen (secondary N) is 1. The third-order valence-corrected chi connectivity index (χ3v) is 2.06. The predicted octanol–water partition coefficient (Wildman–Crippen LogP) is 1.48. The molecule has 1 aromatic rings. The summed E-state index contributed by atoms with van der Waals surface area (Å²) in [6.45, 7) is 5.74. The molecule has 0 spiro atoms. The minimum absolute atomic E-state index is 0.0293. The third kappa shape index (κ3) is 3.81. The molecule has 4 heteroatoms. The highest BCUT2D eigenvalue weighted by molar-refractivity contribution is 5.77. The van der Waals surface area contributed by atoms with Gasteiger partial charge in [-0.2, -0.15) is 0 Å². The van der Waals surface area contributed by atoms with Crippen molar-refractivity contribution in [1.29, 1.82) is 0 Å². The predicted molar refractivity (Wildman–Crippen MR) is 64.4 cm³/mol. The minimum Gasteiger partial charge on any atom is -0.484 e. The van der Waals surface area contributed by atoms with Crippen LogP contribution in [0.1, 0.15) is 19.4 Å². The van der Waals surface area contributed by atoms with E-state index in [-0.39, 0.29) is 18.6 Å². The Balaban J connectivity index is 2.48. The topological polar surface area (TPSA) is 64.3 Å². The van der Waals surface area contributed by atoms with Crippen molar-refractivity contribution in [3.05, 3.63) is 23.8 Å². The molecular formula is C12H18N2O2. The molecule has 1 aromatic carbocycles. The number of hydrogen-bond acceptors (Lipinski definition) is 3. The fourth-order valence-corrected chi connectivity index (χ4v) is 1.25. The number of carbonyl (C=O) groups is 1. The van der Waals surface area contributed by atoms with Crippen LogP contribution in [0.3, 0.4) is 0 Å². The number of benzene rings is 1. The van der Waals surface area contributed by atoms with E-state index in [0.717, 1.165) is 11.3 Å². The highest BCUT2D eigenvalue weighted by Gasteiger charge is 2.04. The van der Waals surface area contributed by atoms with Gasteiger partial charge in [0, 0.05) is 11.7 Å². The van der Waals surface area contributed by atoms with Crippen LogP contribution in [0.2, 0.25) is 0 Å². The minimum atomic E-state index is -0.121. The molecule has 4 nitrogen and oxygen atoms in total. The van der Waals surface area contributed by atoms with E-state index < -0.39 is 0 Å². The van der Waals surface area contributed by atoms with E-state index in [1.807, 2.05) is 26.8 Å². The van der Waals surface area contributed by atoms with E-state index in [4.69, 9.17) is 10.5 Å². The second-order valence-electron chi connectivity index (χ2n) is 4.03. The van der Waals surface area contributed by atoms with Gasteiger partial charge in [0.15, 0.2) is 6.61 Å². The summed E-state index contributed by atoms with van der Waals surface area (Å²) >= 11 is 0. The van der Waals surface area contributed by atoms with Gasteiger partial charge in [-0.25, -0.2) is 0 Å². The van der Waals surface area contributed by atoms with Gasteiger partial charge < -0.3 is 15.8 Å². The van der Waals surface area contributed by atoms with Crippen molar-refractivity contribution in [1.82, 2.24) is 5.32 Å². The van der Waals surface area contributed by atoms with E-state index in [1.54, 1.807) is 12.1 Å². The molecule has 0 bridgehead atoms. The van der Waals surface area contributed by atoms with Gasteiger partial charge >= 0.3 is 0 Å². The molecule has 0 radical (unpaired) electrons. The van der Waals surface area contributed by atoms with Crippen molar-refractivity contribution in [2.24, 2.45) is 0 Å². The highest BCUT2D eigenvalue weighted by atomic mass is 16.5. The first kappa shape index (κ1) is 12.4. The first-order valence-corrected chi connectivity index (χ1v) is 5.27. The molecule has 3 N–H and O–H groups in total. The number of amides is 1. The molecule has 0 heterocycles. The van der Waals surface area contributed by atoms with E-state index in [2.05, 4.69) is 5.32 Å². The Morgan fingerprint density at radius 2 is 2.19 bits per heavy atom. The summed E-state index contributed by atoms with van der Waals surface area (Å²) in [4.78, 5) is 11.3. The lowest BCUT2D eigenvalue weighted by Crippen LogP contribution is -2.34. The Bertz CT molecular complexity index is 375. The van der Waals surface area contributed by atoms with E-state index in [1.165, 1.54) is 0 Å². The zero-order valence-electron chi connectivity index (χ0n) is 9.91. The summed E-state index contributed by atoms with van der Waals surface area (Å²) in [5, 5.41) is 2.75. The maximum atomic E-state index is 11.3. The summed E-state index contributed by atoms with van der Waals surface area (Å²) in [7, 11) is 0. The number of anilines is 1. The molecule has 88 valence electrons. The highest BCUT2D eigenvalue weighted by Crippen LogP contribution is 2.18. The fourth-order valence-electron chi connectivity index (χ4n) is 1.25. The van der Waals surface area contributed by atoms with Gasteiger partial charge in [0.2, 0.25) is 0 Å². The SMILES string of the molecule is Cc1cc(OCC(=O)NC(C)C)ccc1N. The molecule has 1 rings (SSSR count). The van der Waals surface area contributed by atoms with Gasteiger partial charge in [0.1, 0.15) is 5.75 Å². The van der Waals surface area contributed by atoms with Crippen molar-refractivity contribution < 1.29 is 9.53 Å². The van der Waals surface area contributed by atoms with Crippen LogP contribution in [-0.2, 0) is 4.79 Å². The second-order valence-corrected chi connectivity index (χ2v) is 4.03. The number of nitrogen functional groups attached to an aromatic ring is 1. The van der Waals surface area contributed by atoms with Gasteiger partial charge in [-0.15, -0.1) is 0 Å². The molecular weight excluding hydrogens is 204 g/mol. The van der Waals surface area contributed by atoms with Crippen LogP contribution < -0.4 is 15.8 Å². The monoisotopic (exact) mass is 222 g/mol. The number of rotatable bonds is 4. The number of ether oxygens (including phenoxy) is 1. The van der Waals surface area contributed by atoms with Crippen molar-refractivity contribution in [3.8, 4) is 5.75 Å². The molecule has 16 heavy (non-hydrogen) atoms. The van der Waals surface area contributed by atoms with Crippen LogP contribution in [0, 0.1) is 6.92 Å². The summed E-state index contributed by atoms with van der Waals surface area (Å²) in [6.07, 6.45) is 0. The van der Waals surface area contributed by atoms with Gasteiger partial charge in [-0.3, -0.25) is 4.79 Å². The maximum absolute atomic E-state index is 11.3. The Morgan fingerprint density at radius 1 is 1.50 bits per heavy atom. The van der Waals surface area contributed by atoms with Crippen molar-refractivity contribution in [2.45, 2.75) is 26.8 Å².